The van der Waals surface area contributed by atoms with Gasteiger partial charge in [-0.05, 0) is 24.3 Å². The van der Waals surface area contributed by atoms with Crippen molar-refractivity contribution >= 4 is 16.9 Å². The van der Waals surface area contributed by atoms with Gasteiger partial charge in [-0.25, -0.2) is 0 Å². The molecule has 0 fully saturated rings. The number of aromatic hydroxyl groups is 1. The maximum Gasteiger partial charge on any atom is 0.310 e. The number of esters is 1. The van der Waals surface area contributed by atoms with Crippen molar-refractivity contribution in [2.45, 2.75) is 13.0 Å². The predicted molar refractivity (Wildman–Crippen MR) is 97.7 cm³/mol. The van der Waals surface area contributed by atoms with Gasteiger partial charge in [-0.2, -0.15) is 4.98 Å². The number of hydrogen-bond donors (Lipinski definition) is 1. The summed E-state index contributed by atoms with van der Waals surface area (Å²) in [7, 11) is 1.56. The Bertz CT molecular complexity index is 1130. The average molecular weight is 380 g/mol. The van der Waals surface area contributed by atoms with Crippen molar-refractivity contribution < 1.29 is 28.3 Å². The lowest BCUT2D eigenvalue weighted by Crippen LogP contribution is -2.07. The van der Waals surface area contributed by atoms with Crippen LogP contribution in [0.3, 0.4) is 0 Å². The predicted octanol–water partition coefficient (Wildman–Crippen LogP) is 3.48. The standard InChI is InChI=1S/C20H16N2O6/c1-25-16-5-3-2-4-15(16)20-21-18(28-22-20)11-27-19(24)8-12-10-26-17-9-13(23)6-7-14(12)17/h2-7,9-10,23H,8,11H2,1H3. The molecule has 4 aromatic rings. The Kier molecular flexibility index (Phi) is 4.67. The number of fused-ring (bicyclic) bond motifs is 1. The van der Waals surface area contributed by atoms with E-state index in [9.17, 15) is 9.90 Å². The quantitative estimate of drug-likeness (QED) is 0.507. The number of nitrogens with zero attached hydrogens (tertiary/aromatic N) is 2. The number of phenols is 1. The summed E-state index contributed by atoms with van der Waals surface area (Å²) >= 11 is 0. The lowest BCUT2D eigenvalue weighted by molar-refractivity contribution is -0.144. The molecule has 4 rings (SSSR count). The SMILES string of the molecule is COc1ccccc1-c1noc(COC(=O)Cc2coc3cc(O)ccc23)n1. The average Bonchev–Trinajstić information content (AvgIpc) is 3.33. The molecule has 0 unspecified atom stereocenters. The minimum Gasteiger partial charge on any atom is -0.508 e. The Morgan fingerprint density at radius 3 is 2.93 bits per heavy atom. The van der Waals surface area contributed by atoms with Gasteiger partial charge in [0.05, 0.1) is 25.4 Å². The fourth-order valence-corrected chi connectivity index (χ4v) is 2.81. The van der Waals surface area contributed by atoms with E-state index in [1.165, 1.54) is 18.4 Å². The number of hydrogen-bond acceptors (Lipinski definition) is 8. The lowest BCUT2D eigenvalue weighted by atomic mass is 10.1. The molecule has 0 saturated carbocycles. The van der Waals surface area contributed by atoms with Crippen LogP contribution in [0.1, 0.15) is 11.5 Å². The van der Waals surface area contributed by atoms with Gasteiger partial charge >= 0.3 is 5.97 Å². The van der Waals surface area contributed by atoms with Crippen LogP contribution < -0.4 is 4.74 Å². The largest absolute Gasteiger partial charge is 0.508 e. The minimum absolute atomic E-state index is 0.0191. The summed E-state index contributed by atoms with van der Waals surface area (Å²) < 4.78 is 21.0. The second-order valence-electron chi connectivity index (χ2n) is 5.99. The van der Waals surface area contributed by atoms with Crippen LogP contribution in [0, 0.1) is 0 Å². The molecule has 1 N–H and O–H groups in total. The van der Waals surface area contributed by atoms with Crippen LogP contribution >= 0.6 is 0 Å². The van der Waals surface area contributed by atoms with Gasteiger partial charge in [-0.1, -0.05) is 17.3 Å². The van der Waals surface area contributed by atoms with E-state index in [1.54, 1.807) is 25.3 Å². The van der Waals surface area contributed by atoms with Crippen molar-refractivity contribution in [3.05, 3.63) is 60.2 Å². The zero-order chi connectivity index (χ0) is 19.5. The third-order valence-electron chi connectivity index (χ3n) is 4.15. The number of ether oxygens (including phenoxy) is 2. The van der Waals surface area contributed by atoms with E-state index in [0.717, 1.165) is 5.39 Å². The number of rotatable bonds is 6. The summed E-state index contributed by atoms with van der Waals surface area (Å²) in [6, 6.07) is 12.0. The van der Waals surface area contributed by atoms with Crippen molar-refractivity contribution in [1.29, 1.82) is 0 Å². The van der Waals surface area contributed by atoms with Gasteiger partial charge in [0, 0.05) is 17.0 Å². The first-order chi connectivity index (χ1) is 13.6. The van der Waals surface area contributed by atoms with Gasteiger partial charge in [0.15, 0.2) is 6.61 Å². The highest BCUT2D eigenvalue weighted by atomic mass is 16.6. The highest BCUT2D eigenvalue weighted by molar-refractivity contribution is 5.86. The summed E-state index contributed by atoms with van der Waals surface area (Å²) in [5.41, 5.74) is 1.85. The molecule has 0 spiro atoms. The van der Waals surface area contributed by atoms with E-state index in [4.69, 9.17) is 18.4 Å². The maximum atomic E-state index is 12.1. The first kappa shape index (κ1) is 17.6. The van der Waals surface area contributed by atoms with Crippen molar-refractivity contribution in [3.63, 3.8) is 0 Å². The number of furan rings is 1. The third kappa shape index (κ3) is 3.52. The highest BCUT2D eigenvalue weighted by Crippen LogP contribution is 2.27. The molecule has 2 aromatic heterocycles. The molecule has 8 heteroatoms. The molecular formula is C20H16N2O6. The molecule has 2 aromatic carbocycles. The van der Waals surface area contributed by atoms with Gasteiger partial charge < -0.3 is 23.5 Å². The molecule has 0 aliphatic carbocycles. The first-order valence-corrected chi connectivity index (χ1v) is 8.44. The van der Waals surface area contributed by atoms with Crippen LogP contribution in [-0.4, -0.2) is 28.3 Å². The smallest absolute Gasteiger partial charge is 0.310 e. The molecule has 0 amide bonds. The topological polar surface area (TPSA) is 108 Å². The van der Waals surface area contributed by atoms with Crippen molar-refractivity contribution in [2.75, 3.05) is 7.11 Å². The minimum atomic E-state index is -0.465. The highest BCUT2D eigenvalue weighted by Gasteiger charge is 2.16. The zero-order valence-corrected chi connectivity index (χ0v) is 14.9. The number of carbonyl (C=O) groups is 1. The molecular weight excluding hydrogens is 364 g/mol. The van der Waals surface area contributed by atoms with Crippen LogP contribution in [-0.2, 0) is 22.6 Å². The Labute approximate surface area is 159 Å². The summed E-state index contributed by atoms with van der Waals surface area (Å²) in [5, 5.41) is 14.1. The van der Waals surface area contributed by atoms with E-state index < -0.39 is 5.97 Å². The number of aromatic nitrogens is 2. The molecule has 0 aliphatic rings. The summed E-state index contributed by atoms with van der Waals surface area (Å²) in [4.78, 5) is 16.4. The fourth-order valence-electron chi connectivity index (χ4n) is 2.81. The second-order valence-corrected chi connectivity index (χ2v) is 5.99. The molecule has 2 heterocycles. The Balaban J connectivity index is 1.40. The zero-order valence-electron chi connectivity index (χ0n) is 14.9. The Morgan fingerprint density at radius 1 is 1.21 bits per heavy atom. The van der Waals surface area contributed by atoms with Gasteiger partial charge in [0.2, 0.25) is 5.82 Å². The number of para-hydroxylation sites is 1. The van der Waals surface area contributed by atoms with Gasteiger partial charge in [-0.15, -0.1) is 0 Å². The lowest BCUT2D eigenvalue weighted by Gasteiger charge is -2.03. The molecule has 28 heavy (non-hydrogen) atoms. The number of phenolic OH excluding ortho intramolecular Hbond substituents is 1. The van der Waals surface area contributed by atoms with E-state index in [1.807, 2.05) is 12.1 Å². The van der Waals surface area contributed by atoms with E-state index in [-0.39, 0.29) is 24.7 Å². The summed E-state index contributed by atoms with van der Waals surface area (Å²) in [6.07, 6.45) is 1.49. The normalized spacial score (nSPS) is 10.9. The Hall–Kier alpha value is -3.81. The Morgan fingerprint density at radius 2 is 2.07 bits per heavy atom. The van der Waals surface area contributed by atoms with Gasteiger partial charge in [0.25, 0.3) is 5.89 Å². The van der Waals surface area contributed by atoms with Crippen LogP contribution in [0.5, 0.6) is 11.5 Å². The monoisotopic (exact) mass is 380 g/mol. The number of methoxy groups -OCH3 is 1. The molecule has 8 nitrogen and oxygen atoms in total. The van der Waals surface area contributed by atoms with Crippen molar-refractivity contribution in [1.82, 2.24) is 10.1 Å². The third-order valence-corrected chi connectivity index (χ3v) is 4.15. The van der Waals surface area contributed by atoms with Crippen molar-refractivity contribution in [2.24, 2.45) is 0 Å². The van der Waals surface area contributed by atoms with E-state index >= 15 is 0 Å². The first-order valence-electron chi connectivity index (χ1n) is 8.44. The molecule has 0 atom stereocenters. The molecule has 0 radical (unpaired) electrons. The van der Waals surface area contributed by atoms with E-state index in [2.05, 4.69) is 10.1 Å². The molecule has 0 bridgehead atoms. The molecule has 142 valence electrons. The summed E-state index contributed by atoms with van der Waals surface area (Å²) in [6.45, 7) is -0.141. The maximum absolute atomic E-state index is 12.1. The van der Waals surface area contributed by atoms with E-state index in [0.29, 0.717) is 28.3 Å². The van der Waals surface area contributed by atoms with Crippen LogP contribution in [0.2, 0.25) is 0 Å². The number of benzene rings is 2. The van der Waals surface area contributed by atoms with Crippen LogP contribution in [0.4, 0.5) is 0 Å². The molecule has 0 aliphatic heterocycles. The second kappa shape index (κ2) is 7.43. The molecule has 0 saturated heterocycles. The van der Waals surface area contributed by atoms with Gasteiger partial charge in [0.1, 0.15) is 17.1 Å². The van der Waals surface area contributed by atoms with Crippen LogP contribution in [0.15, 0.2) is 57.7 Å². The van der Waals surface area contributed by atoms with Gasteiger partial charge in [-0.3, -0.25) is 4.79 Å². The summed E-state index contributed by atoms with van der Waals surface area (Å²) in [5.74, 6) is 0.774. The number of carbonyl (C=O) groups excluding carboxylic acids is 1. The van der Waals surface area contributed by atoms with Crippen molar-refractivity contribution in [3.8, 4) is 22.9 Å². The van der Waals surface area contributed by atoms with Crippen LogP contribution in [0.25, 0.3) is 22.4 Å². The fraction of sp³-hybridized carbons (Fsp3) is 0.150.